The molecule has 0 spiro atoms. The van der Waals surface area contributed by atoms with Gasteiger partial charge in [0.25, 0.3) is 0 Å². The molecule has 0 fully saturated rings. The Labute approximate surface area is 263 Å². The van der Waals surface area contributed by atoms with E-state index in [1.54, 1.807) is 19.2 Å². The molecular formula is C37H49NO3Si2. The second kappa shape index (κ2) is 14.4. The first-order chi connectivity index (χ1) is 20.0. The highest BCUT2D eigenvalue weighted by atomic mass is 28.4. The standard InChI is InChI=1S/C37H49NO3Si2/c1-28(2)43(29(3)4,30(5)6)26-24-37(41-42(11,12)36(7,8)9,34-17-13-31(27-38)14-18-34)23-21-33(22-25-39)32-15-19-35(40-10)20-16-32/h13-20,22,25,28-30H,1-12H3/b33-22+. The van der Waals surface area contributed by atoms with Crippen LogP contribution in [0, 0.1) is 34.6 Å². The molecule has 0 aliphatic heterocycles. The van der Waals surface area contributed by atoms with Gasteiger partial charge in [-0.1, -0.05) is 98.4 Å². The largest absolute Gasteiger partial charge is 0.497 e. The molecule has 0 N–H and O–H groups in total. The van der Waals surface area contributed by atoms with Crippen molar-refractivity contribution in [1.82, 2.24) is 0 Å². The van der Waals surface area contributed by atoms with Crippen molar-refractivity contribution in [1.29, 1.82) is 5.26 Å². The normalized spacial score (nSPS) is 13.9. The summed E-state index contributed by atoms with van der Waals surface area (Å²) < 4.78 is 12.6. The number of benzene rings is 2. The van der Waals surface area contributed by atoms with Gasteiger partial charge in [-0.2, -0.15) is 5.26 Å². The molecule has 1 atom stereocenters. The van der Waals surface area contributed by atoms with Gasteiger partial charge in [0.1, 0.15) is 20.1 Å². The maximum Gasteiger partial charge on any atom is 0.207 e. The van der Waals surface area contributed by atoms with Crippen LogP contribution < -0.4 is 4.74 Å². The molecular weight excluding hydrogens is 563 g/mol. The van der Waals surface area contributed by atoms with Gasteiger partial charge in [0, 0.05) is 11.1 Å². The third-order valence-electron chi connectivity index (χ3n) is 8.96. The lowest BCUT2D eigenvalue weighted by Crippen LogP contribution is -2.48. The average molecular weight is 612 g/mol. The number of ether oxygens (including phenoxy) is 1. The highest BCUT2D eigenvalue weighted by Crippen LogP contribution is 2.44. The van der Waals surface area contributed by atoms with Gasteiger partial charge in [-0.15, -0.1) is 5.54 Å². The van der Waals surface area contributed by atoms with Crippen molar-refractivity contribution in [2.75, 3.05) is 7.11 Å². The van der Waals surface area contributed by atoms with E-state index in [1.807, 2.05) is 36.4 Å². The lowest BCUT2D eigenvalue weighted by Gasteiger charge is -2.42. The summed E-state index contributed by atoms with van der Waals surface area (Å²) in [5.74, 6) is 11.2. The number of rotatable bonds is 9. The molecule has 228 valence electrons. The minimum absolute atomic E-state index is 0.117. The van der Waals surface area contributed by atoms with Crippen LogP contribution in [0.25, 0.3) is 5.57 Å². The number of carbonyl (C=O) groups is 1. The van der Waals surface area contributed by atoms with Crippen molar-refractivity contribution in [3.8, 4) is 35.1 Å². The summed E-state index contributed by atoms with van der Waals surface area (Å²) in [6, 6.07) is 17.1. The average Bonchev–Trinajstić information content (AvgIpc) is 2.94. The van der Waals surface area contributed by atoms with Crippen molar-refractivity contribution in [2.24, 2.45) is 0 Å². The third-order valence-corrected chi connectivity index (χ3v) is 19.7. The number of hydrogen-bond acceptors (Lipinski definition) is 4. The smallest absolute Gasteiger partial charge is 0.207 e. The minimum Gasteiger partial charge on any atom is -0.497 e. The second-order valence-electron chi connectivity index (χ2n) is 13.6. The zero-order chi connectivity index (χ0) is 32.6. The Morgan fingerprint density at radius 3 is 1.81 bits per heavy atom. The Kier molecular flexibility index (Phi) is 12.0. The van der Waals surface area contributed by atoms with Gasteiger partial charge in [-0.25, -0.2) is 0 Å². The molecule has 1 unspecified atom stereocenters. The lowest BCUT2D eigenvalue weighted by molar-refractivity contribution is -0.104. The van der Waals surface area contributed by atoms with E-state index >= 15 is 0 Å². The molecule has 4 nitrogen and oxygen atoms in total. The number of carbonyl (C=O) groups excluding carboxylic acids is 1. The zero-order valence-electron chi connectivity index (χ0n) is 28.2. The highest BCUT2D eigenvalue weighted by Gasteiger charge is 2.46. The van der Waals surface area contributed by atoms with E-state index in [-0.39, 0.29) is 5.04 Å². The minimum atomic E-state index is -2.47. The van der Waals surface area contributed by atoms with Crippen LogP contribution in [0.1, 0.15) is 79.0 Å². The van der Waals surface area contributed by atoms with Crippen molar-refractivity contribution in [2.45, 2.75) is 103 Å². The van der Waals surface area contributed by atoms with Crippen molar-refractivity contribution >= 4 is 28.3 Å². The Bertz CT molecular complexity index is 1430. The van der Waals surface area contributed by atoms with Crippen LogP contribution in [0.3, 0.4) is 0 Å². The van der Waals surface area contributed by atoms with E-state index in [9.17, 15) is 10.1 Å². The molecule has 0 aliphatic rings. The summed E-state index contributed by atoms with van der Waals surface area (Å²) in [6.07, 6.45) is 2.24. The van der Waals surface area contributed by atoms with Gasteiger partial charge in [-0.3, -0.25) is 4.79 Å². The monoisotopic (exact) mass is 611 g/mol. The van der Waals surface area contributed by atoms with E-state index in [0.29, 0.717) is 27.8 Å². The van der Waals surface area contributed by atoms with Crippen LogP contribution in [0.5, 0.6) is 5.75 Å². The molecule has 0 aromatic heterocycles. The van der Waals surface area contributed by atoms with Gasteiger partial charge >= 0.3 is 0 Å². The van der Waals surface area contributed by atoms with E-state index in [0.717, 1.165) is 23.2 Å². The van der Waals surface area contributed by atoms with Crippen LogP contribution in [-0.4, -0.2) is 29.8 Å². The number of aldehydes is 1. The molecule has 2 aromatic carbocycles. The zero-order valence-corrected chi connectivity index (χ0v) is 30.2. The van der Waals surface area contributed by atoms with Gasteiger partial charge < -0.3 is 9.16 Å². The Morgan fingerprint density at radius 1 is 0.860 bits per heavy atom. The number of allylic oxidation sites excluding steroid dienone is 2. The van der Waals surface area contributed by atoms with Crippen LogP contribution >= 0.6 is 0 Å². The quantitative estimate of drug-likeness (QED) is 0.123. The Hall–Kier alpha value is -3.35. The van der Waals surface area contributed by atoms with E-state index < -0.39 is 22.0 Å². The number of methoxy groups -OCH3 is 1. The van der Waals surface area contributed by atoms with Crippen molar-refractivity contribution < 1.29 is 14.0 Å². The first kappa shape index (κ1) is 35.8. The molecule has 0 saturated heterocycles. The molecule has 0 radical (unpaired) electrons. The molecule has 0 amide bonds. The SMILES string of the molecule is COc1ccc(/C(C#CC(C#C[Si](C(C)C)(C(C)C)C(C)C)(O[Si](C)(C)C(C)(C)C)c2ccc(C#N)cc2)=C/C=O)cc1. The van der Waals surface area contributed by atoms with Gasteiger partial charge in [0.2, 0.25) is 5.60 Å². The summed E-state index contributed by atoms with van der Waals surface area (Å²) in [6.45, 7) is 24.8. The summed E-state index contributed by atoms with van der Waals surface area (Å²) >= 11 is 0. The summed E-state index contributed by atoms with van der Waals surface area (Å²) in [7, 11) is -3.03. The summed E-state index contributed by atoms with van der Waals surface area (Å²) in [5.41, 5.74) is 6.59. The maximum absolute atomic E-state index is 11.8. The van der Waals surface area contributed by atoms with E-state index in [1.165, 1.54) is 6.08 Å². The van der Waals surface area contributed by atoms with Crippen molar-refractivity contribution in [3.63, 3.8) is 0 Å². The van der Waals surface area contributed by atoms with Crippen LogP contribution in [0.4, 0.5) is 0 Å². The molecule has 0 aliphatic carbocycles. The predicted octanol–water partition coefficient (Wildman–Crippen LogP) is 9.29. The van der Waals surface area contributed by atoms with Gasteiger partial charge in [-0.05, 0) is 76.6 Å². The van der Waals surface area contributed by atoms with E-state index in [4.69, 9.17) is 9.16 Å². The van der Waals surface area contributed by atoms with Crippen molar-refractivity contribution in [3.05, 3.63) is 71.3 Å². The van der Waals surface area contributed by atoms with Gasteiger partial charge in [0.05, 0.1) is 18.7 Å². The van der Waals surface area contributed by atoms with Crippen LogP contribution in [0.15, 0.2) is 54.6 Å². The lowest BCUT2D eigenvalue weighted by atomic mass is 9.93. The fraction of sp³-hybridized carbons (Fsp3) is 0.459. The second-order valence-corrected chi connectivity index (χ2v) is 23.9. The molecule has 2 rings (SSSR count). The molecule has 6 heteroatoms. The number of nitrogens with zero attached hydrogens (tertiary/aromatic N) is 1. The molecule has 43 heavy (non-hydrogen) atoms. The highest BCUT2D eigenvalue weighted by molar-refractivity contribution is 6.90. The Balaban J connectivity index is 3.07. The number of hydrogen-bond donors (Lipinski definition) is 0. The summed E-state index contributed by atoms with van der Waals surface area (Å²) in [5, 5.41) is 9.43. The predicted molar refractivity (Wildman–Crippen MR) is 185 cm³/mol. The third kappa shape index (κ3) is 8.18. The number of nitriles is 1. The molecule has 0 saturated carbocycles. The maximum atomic E-state index is 11.8. The molecule has 0 bridgehead atoms. The van der Waals surface area contributed by atoms with Crippen LogP contribution in [-0.2, 0) is 14.8 Å². The fourth-order valence-electron chi connectivity index (χ4n) is 5.43. The fourth-order valence-corrected chi connectivity index (χ4v) is 12.0. The van der Waals surface area contributed by atoms with Gasteiger partial charge in [0.15, 0.2) is 8.32 Å². The molecule has 0 heterocycles. The molecule has 2 aromatic rings. The first-order valence-corrected chi connectivity index (χ1v) is 20.2. The van der Waals surface area contributed by atoms with E-state index in [2.05, 4.69) is 105 Å². The topological polar surface area (TPSA) is 59.3 Å². The Morgan fingerprint density at radius 2 is 1.40 bits per heavy atom. The van der Waals surface area contributed by atoms with Crippen LogP contribution in [0.2, 0.25) is 34.8 Å². The summed E-state index contributed by atoms with van der Waals surface area (Å²) in [4.78, 5) is 11.8. The first-order valence-electron chi connectivity index (χ1n) is 15.1.